The molecule has 0 amide bonds. The number of methoxy groups -OCH3 is 1. The van der Waals surface area contributed by atoms with Gasteiger partial charge < -0.3 is 4.74 Å². The van der Waals surface area contributed by atoms with Crippen LogP contribution in [0, 0.1) is 16.4 Å². The van der Waals surface area contributed by atoms with Crippen LogP contribution in [0.1, 0.15) is 49.7 Å². The minimum Gasteiger partial charge on any atom is -0.373 e. The molecular formula is C13H18ClIN2O. The summed E-state index contributed by atoms with van der Waals surface area (Å²) in [6.07, 6.45) is 6.27. The SMILES string of the molecule is COC(c1nc(C)c(I)c(Cl)n1)C1CCCCC1. The second-order valence-electron chi connectivity index (χ2n) is 4.83. The molecule has 100 valence electrons. The fourth-order valence-corrected chi connectivity index (χ4v) is 3.08. The van der Waals surface area contributed by atoms with E-state index in [0.717, 1.165) is 15.1 Å². The van der Waals surface area contributed by atoms with Crippen molar-refractivity contribution in [2.75, 3.05) is 7.11 Å². The number of halogens is 2. The highest BCUT2D eigenvalue weighted by atomic mass is 127. The normalized spacial score (nSPS) is 18.9. The first kappa shape index (κ1) is 14.5. The Balaban J connectivity index is 2.26. The van der Waals surface area contributed by atoms with Gasteiger partial charge in [-0.2, -0.15) is 0 Å². The summed E-state index contributed by atoms with van der Waals surface area (Å²) < 4.78 is 6.57. The third-order valence-electron chi connectivity index (χ3n) is 3.58. The standard InChI is InChI=1S/C13H18ClIN2O/c1-8-10(15)12(14)17-13(16-8)11(18-2)9-6-4-3-5-7-9/h9,11H,3-7H2,1-2H3. The maximum absolute atomic E-state index is 6.14. The monoisotopic (exact) mass is 380 g/mol. The number of rotatable bonds is 3. The van der Waals surface area contributed by atoms with Gasteiger partial charge in [-0.15, -0.1) is 0 Å². The van der Waals surface area contributed by atoms with Crippen molar-refractivity contribution in [2.45, 2.75) is 45.1 Å². The third-order valence-corrected chi connectivity index (χ3v) is 5.46. The maximum atomic E-state index is 6.14. The van der Waals surface area contributed by atoms with E-state index in [1.54, 1.807) is 7.11 Å². The summed E-state index contributed by atoms with van der Waals surface area (Å²) in [4.78, 5) is 8.95. The van der Waals surface area contributed by atoms with Gasteiger partial charge in [-0.3, -0.25) is 0 Å². The van der Waals surface area contributed by atoms with Crippen LogP contribution in [-0.4, -0.2) is 17.1 Å². The Morgan fingerprint density at radius 2 is 1.94 bits per heavy atom. The molecule has 0 bridgehead atoms. The van der Waals surface area contributed by atoms with E-state index in [9.17, 15) is 0 Å². The topological polar surface area (TPSA) is 35.0 Å². The Labute approximate surface area is 127 Å². The summed E-state index contributed by atoms with van der Waals surface area (Å²) >= 11 is 8.32. The van der Waals surface area contributed by atoms with Crippen molar-refractivity contribution in [3.63, 3.8) is 0 Å². The summed E-state index contributed by atoms with van der Waals surface area (Å²) in [7, 11) is 1.74. The molecule has 1 aromatic heterocycles. The summed E-state index contributed by atoms with van der Waals surface area (Å²) in [5, 5.41) is 0.538. The molecule has 0 radical (unpaired) electrons. The number of ether oxygens (including phenoxy) is 1. The van der Waals surface area contributed by atoms with Gasteiger partial charge in [-0.1, -0.05) is 30.9 Å². The van der Waals surface area contributed by atoms with E-state index in [0.29, 0.717) is 11.1 Å². The van der Waals surface area contributed by atoms with Crippen LogP contribution in [0.15, 0.2) is 0 Å². The van der Waals surface area contributed by atoms with Gasteiger partial charge in [0, 0.05) is 7.11 Å². The van der Waals surface area contributed by atoms with Crippen LogP contribution in [0.4, 0.5) is 0 Å². The van der Waals surface area contributed by atoms with E-state index < -0.39 is 0 Å². The van der Waals surface area contributed by atoms with Gasteiger partial charge in [0.2, 0.25) is 0 Å². The lowest BCUT2D eigenvalue weighted by Gasteiger charge is -2.28. The molecule has 1 fully saturated rings. The molecule has 1 aliphatic rings. The predicted molar refractivity (Wildman–Crippen MR) is 80.8 cm³/mol. The van der Waals surface area contributed by atoms with Gasteiger partial charge in [0.25, 0.3) is 0 Å². The summed E-state index contributed by atoms with van der Waals surface area (Å²) in [5.41, 5.74) is 0.934. The highest BCUT2D eigenvalue weighted by Gasteiger charge is 2.28. The van der Waals surface area contributed by atoms with Gasteiger partial charge in [-0.05, 0) is 48.3 Å². The fourth-order valence-electron chi connectivity index (χ4n) is 2.62. The molecule has 1 heterocycles. The van der Waals surface area contributed by atoms with E-state index in [4.69, 9.17) is 16.3 Å². The molecular weight excluding hydrogens is 363 g/mol. The van der Waals surface area contributed by atoms with Crippen molar-refractivity contribution in [3.8, 4) is 0 Å². The van der Waals surface area contributed by atoms with E-state index in [2.05, 4.69) is 32.6 Å². The first-order valence-electron chi connectivity index (χ1n) is 6.35. The Kier molecular flexibility index (Phi) is 5.21. The minimum absolute atomic E-state index is 0.0153. The Bertz CT molecular complexity index is 398. The molecule has 0 saturated heterocycles. The van der Waals surface area contributed by atoms with Gasteiger partial charge in [0.15, 0.2) is 5.82 Å². The van der Waals surface area contributed by atoms with Crippen molar-refractivity contribution in [1.82, 2.24) is 9.97 Å². The second kappa shape index (κ2) is 6.48. The van der Waals surface area contributed by atoms with Crippen molar-refractivity contribution < 1.29 is 4.74 Å². The van der Waals surface area contributed by atoms with Crippen molar-refractivity contribution in [2.24, 2.45) is 5.92 Å². The van der Waals surface area contributed by atoms with Crippen LogP contribution in [-0.2, 0) is 4.74 Å². The average molecular weight is 381 g/mol. The van der Waals surface area contributed by atoms with Crippen LogP contribution in [0.3, 0.4) is 0 Å². The maximum Gasteiger partial charge on any atom is 0.159 e. The third kappa shape index (κ3) is 3.14. The van der Waals surface area contributed by atoms with E-state index in [-0.39, 0.29) is 6.10 Å². The highest BCUT2D eigenvalue weighted by molar-refractivity contribution is 14.1. The first-order valence-corrected chi connectivity index (χ1v) is 7.81. The molecule has 1 unspecified atom stereocenters. The highest BCUT2D eigenvalue weighted by Crippen LogP contribution is 2.36. The molecule has 1 atom stereocenters. The van der Waals surface area contributed by atoms with Gasteiger partial charge in [-0.25, -0.2) is 9.97 Å². The van der Waals surface area contributed by atoms with Crippen LogP contribution < -0.4 is 0 Å². The first-order chi connectivity index (χ1) is 8.63. The van der Waals surface area contributed by atoms with Gasteiger partial charge in [0.1, 0.15) is 11.3 Å². The number of aryl methyl sites for hydroxylation is 1. The quantitative estimate of drug-likeness (QED) is 0.579. The average Bonchev–Trinajstić information content (AvgIpc) is 2.38. The lowest BCUT2D eigenvalue weighted by molar-refractivity contribution is 0.0288. The largest absolute Gasteiger partial charge is 0.373 e. The van der Waals surface area contributed by atoms with Gasteiger partial charge in [0.05, 0.1) is 9.26 Å². The Morgan fingerprint density at radius 1 is 1.28 bits per heavy atom. The van der Waals surface area contributed by atoms with Crippen LogP contribution in [0.2, 0.25) is 5.15 Å². The number of nitrogens with zero attached hydrogens (tertiary/aromatic N) is 2. The molecule has 0 spiro atoms. The van der Waals surface area contributed by atoms with Crippen LogP contribution in [0.5, 0.6) is 0 Å². The summed E-state index contributed by atoms with van der Waals surface area (Å²) in [6, 6.07) is 0. The zero-order chi connectivity index (χ0) is 13.1. The van der Waals surface area contributed by atoms with Crippen molar-refractivity contribution in [1.29, 1.82) is 0 Å². The van der Waals surface area contributed by atoms with Crippen molar-refractivity contribution >= 4 is 34.2 Å². The molecule has 1 aliphatic carbocycles. The van der Waals surface area contributed by atoms with E-state index in [1.807, 2.05) is 6.92 Å². The number of hydrogen-bond acceptors (Lipinski definition) is 3. The van der Waals surface area contributed by atoms with Crippen molar-refractivity contribution in [3.05, 3.63) is 20.2 Å². The molecule has 1 aromatic rings. The molecule has 3 nitrogen and oxygen atoms in total. The zero-order valence-electron chi connectivity index (χ0n) is 10.7. The smallest absolute Gasteiger partial charge is 0.159 e. The molecule has 18 heavy (non-hydrogen) atoms. The van der Waals surface area contributed by atoms with Gasteiger partial charge >= 0.3 is 0 Å². The number of hydrogen-bond donors (Lipinski definition) is 0. The molecule has 0 aromatic carbocycles. The Hall–Kier alpha value is 0.0600. The molecule has 0 N–H and O–H groups in total. The molecule has 2 rings (SSSR count). The molecule has 5 heteroatoms. The lowest BCUT2D eigenvalue weighted by Crippen LogP contribution is -2.20. The van der Waals surface area contributed by atoms with Crippen LogP contribution >= 0.6 is 34.2 Å². The minimum atomic E-state index is -0.0153. The second-order valence-corrected chi connectivity index (χ2v) is 6.26. The van der Waals surface area contributed by atoms with Crippen LogP contribution in [0.25, 0.3) is 0 Å². The lowest BCUT2D eigenvalue weighted by atomic mass is 9.85. The molecule has 1 saturated carbocycles. The zero-order valence-corrected chi connectivity index (χ0v) is 13.7. The predicted octanol–water partition coefficient (Wildman–Crippen LogP) is 4.31. The van der Waals surface area contributed by atoms with E-state index in [1.165, 1.54) is 32.1 Å². The summed E-state index contributed by atoms with van der Waals surface area (Å²) in [6.45, 7) is 1.96. The summed E-state index contributed by atoms with van der Waals surface area (Å²) in [5.74, 6) is 1.27. The number of aromatic nitrogens is 2. The Morgan fingerprint density at radius 3 is 2.50 bits per heavy atom. The molecule has 0 aliphatic heterocycles. The van der Waals surface area contributed by atoms with E-state index >= 15 is 0 Å². The fraction of sp³-hybridized carbons (Fsp3) is 0.692.